The zero-order chi connectivity index (χ0) is 13.7. The second kappa shape index (κ2) is 6.13. The smallest absolute Gasteiger partial charge is 0.241 e. The van der Waals surface area contributed by atoms with Gasteiger partial charge in [-0.15, -0.1) is 0 Å². The van der Waals surface area contributed by atoms with E-state index < -0.39 is 0 Å². The Hall–Kier alpha value is -2.17. The highest BCUT2D eigenvalue weighted by Gasteiger charge is 2.07. The number of carbonyl (C=O) groups excluding carboxylic acids is 1. The Morgan fingerprint density at radius 1 is 1.32 bits per heavy atom. The van der Waals surface area contributed by atoms with Crippen LogP contribution in [0.15, 0.2) is 36.7 Å². The van der Waals surface area contributed by atoms with Crippen molar-refractivity contribution in [3.8, 4) is 11.4 Å². The van der Waals surface area contributed by atoms with Gasteiger partial charge in [0.2, 0.25) is 5.91 Å². The SMILES string of the molecule is CC(C)CNC(=O)Cn1cnc(-c2ccccc2)n1. The first-order chi connectivity index (χ1) is 9.15. The van der Waals surface area contributed by atoms with Crippen LogP contribution in [0.5, 0.6) is 0 Å². The van der Waals surface area contributed by atoms with Crippen LogP contribution in [0, 0.1) is 5.92 Å². The fourth-order valence-electron chi connectivity index (χ4n) is 1.61. The van der Waals surface area contributed by atoms with E-state index in [1.165, 1.54) is 0 Å². The molecule has 100 valence electrons. The summed E-state index contributed by atoms with van der Waals surface area (Å²) in [4.78, 5) is 15.9. The third-order valence-corrected chi connectivity index (χ3v) is 2.58. The summed E-state index contributed by atoms with van der Waals surface area (Å²) < 4.78 is 1.55. The highest BCUT2D eigenvalue weighted by Crippen LogP contribution is 2.12. The Labute approximate surface area is 112 Å². The molecule has 0 aliphatic rings. The topological polar surface area (TPSA) is 59.8 Å². The van der Waals surface area contributed by atoms with Gasteiger partial charge < -0.3 is 5.32 Å². The molecule has 1 aromatic heterocycles. The van der Waals surface area contributed by atoms with Gasteiger partial charge in [0.25, 0.3) is 0 Å². The number of hydrogen-bond donors (Lipinski definition) is 1. The van der Waals surface area contributed by atoms with E-state index >= 15 is 0 Å². The third kappa shape index (κ3) is 3.91. The molecule has 2 aromatic rings. The van der Waals surface area contributed by atoms with Crippen LogP contribution in [0.25, 0.3) is 11.4 Å². The van der Waals surface area contributed by atoms with Gasteiger partial charge in [-0.3, -0.25) is 4.79 Å². The Morgan fingerprint density at radius 3 is 2.74 bits per heavy atom. The van der Waals surface area contributed by atoms with Crippen molar-refractivity contribution in [1.29, 1.82) is 0 Å². The Balaban J connectivity index is 1.96. The van der Waals surface area contributed by atoms with Gasteiger partial charge in [0.15, 0.2) is 5.82 Å². The van der Waals surface area contributed by atoms with Gasteiger partial charge >= 0.3 is 0 Å². The number of amides is 1. The van der Waals surface area contributed by atoms with Crippen LogP contribution in [-0.4, -0.2) is 27.2 Å². The zero-order valence-corrected chi connectivity index (χ0v) is 11.2. The van der Waals surface area contributed by atoms with Gasteiger partial charge in [-0.05, 0) is 5.92 Å². The number of nitrogens with zero attached hydrogens (tertiary/aromatic N) is 3. The number of benzene rings is 1. The Kier molecular flexibility index (Phi) is 4.28. The van der Waals surface area contributed by atoms with E-state index in [0.717, 1.165) is 5.56 Å². The number of aromatic nitrogens is 3. The first kappa shape index (κ1) is 13.3. The normalized spacial score (nSPS) is 10.7. The molecule has 5 heteroatoms. The average molecular weight is 258 g/mol. The Morgan fingerprint density at radius 2 is 2.05 bits per heavy atom. The van der Waals surface area contributed by atoms with Gasteiger partial charge in [0.05, 0.1) is 0 Å². The number of nitrogens with one attached hydrogen (secondary N) is 1. The first-order valence-corrected chi connectivity index (χ1v) is 6.36. The van der Waals surface area contributed by atoms with E-state index in [1.807, 2.05) is 30.3 Å². The second-order valence-electron chi connectivity index (χ2n) is 4.83. The molecule has 1 aromatic carbocycles. The Bertz CT molecular complexity index is 533. The van der Waals surface area contributed by atoms with Crippen molar-refractivity contribution in [1.82, 2.24) is 20.1 Å². The van der Waals surface area contributed by atoms with Crippen LogP contribution in [-0.2, 0) is 11.3 Å². The summed E-state index contributed by atoms with van der Waals surface area (Å²) in [6.07, 6.45) is 1.58. The monoisotopic (exact) mass is 258 g/mol. The first-order valence-electron chi connectivity index (χ1n) is 6.36. The van der Waals surface area contributed by atoms with E-state index in [9.17, 15) is 4.79 Å². The molecule has 0 bridgehead atoms. The fraction of sp³-hybridized carbons (Fsp3) is 0.357. The zero-order valence-electron chi connectivity index (χ0n) is 11.2. The van der Waals surface area contributed by atoms with Crippen LogP contribution in [0.2, 0.25) is 0 Å². The van der Waals surface area contributed by atoms with E-state index in [2.05, 4.69) is 29.2 Å². The standard InChI is InChI=1S/C14H18N4O/c1-11(2)8-15-13(19)9-18-10-16-14(17-18)12-6-4-3-5-7-12/h3-7,10-11H,8-9H2,1-2H3,(H,15,19). The molecule has 1 amide bonds. The maximum absolute atomic E-state index is 11.7. The van der Waals surface area contributed by atoms with Crippen LogP contribution in [0.1, 0.15) is 13.8 Å². The fourth-order valence-corrected chi connectivity index (χ4v) is 1.61. The molecule has 5 nitrogen and oxygen atoms in total. The average Bonchev–Trinajstić information content (AvgIpc) is 2.86. The quantitative estimate of drug-likeness (QED) is 0.888. The summed E-state index contributed by atoms with van der Waals surface area (Å²) in [5.41, 5.74) is 0.948. The molecule has 0 radical (unpaired) electrons. The van der Waals surface area contributed by atoms with Crippen LogP contribution >= 0.6 is 0 Å². The van der Waals surface area contributed by atoms with Crippen molar-refractivity contribution in [3.63, 3.8) is 0 Å². The van der Waals surface area contributed by atoms with Gasteiger partial charge in [0, 0.05) is 12.1 Å². The van der Waals surface area contributed by atoms with E-state index in [1.54, 1.807) is 11.0 Å². The van der Waals surface area contributed by atoms with Gasteiger partial charge in [-0.1, -0.05) is 44.2 Å². The lowest BCUT2D eigenvalue weighted by molar-refractivity contribution is -0.122. The minimum atomic E-state index is -0.0433. The third-order valence-electron chi connectivity index (χ3n) is 2.58. The molecule has 1 N–H and O–H groups in total. The van der Waals surface area contributed by atoms with E-state index in [0.29, 0.717) is 18.3 Å². The molecule has 1 heterocycles. The molecule has 0 aliphatic heterocycles. The van der Waals surface area contributed by atoms with Crippen molar-refractivity contribution in [2.45, 2.75) is 20.4 Å². The molecule has 0 saturated carbocycles. The molecule has 19 heavy (non-hydrogen) atoms. The van der Waals surface area contributed by atoms with E-state index in [4.69, 9.17) is 0 Å². The summed E-state index contributed by atoms with van der Waals surface area (Å²) in [5, 5.41) is 7.14. The van der Waals surface area contributed by atoms with E-state index in [-0.39, 0.29) is 12.5 Å². The van der Waals surface area contributed by atoms with Crippen LogP contribution in [0.4, 0.5) is 0 Å². The van der Waals surface area contributed by atoms with Crippen molar-refractivity contribution in [2.24, 2.45) is 5.92 Å². The number of rotatable bonds is 5. The summed E-state index contributed by atoms with van der Waals surface area (Å²) in [7, 11) is 0. The van der Waals surface area contributed by atoms with Crippen molar-refractivity contribution in [2.75, 3.05) is 6.54 Å². The lowest BCUT2D eigenvalue weighted by atomic mass is 10.2. The summed E-state index contributed by atoms with van der Waals surface area (Å²) in [6, 6.07) is 9.70. The number of carbonyl (C=O) groups is 1. The molecule has 0 atom stereocenters. The van der Waals surface area contributed by atoms with Crippen molar-refractivity contribution in [3.05, 3.63) is 36.7 Å². The minimum absolute atomic E-state index is 0.0433. The number of hydrogen-bond acceptors (Lipinski definition) is 3. The molecule has 0 unspecified atom stereocenters. The molecule has 0 fully saturated rings. The van der Waals surface area contributed by atoms with Crippen LogP contribution < -0.4 is 5.32 Å². The highest BCUT2D eigenvalue weighted by atomic mass is 16.2. The molecular weight excluding hydrogens is 240 g/mol. The molecule has 0 aliphatic carbocycles. The van der Waals surface area contributed by atoms with Crippen molar-refractivity contribution < 1.29 is 4.79 Å². The second-order valence-corrected chi connectivity index (χ2v) is 4.83. The van der Waals surface area contributed by atoms with Gasteiger partial charge in [0.1, 0.15) is 12.9 Å². The van der Waals surface area contributed by atoms with Gasteiger partial charge in [-0.2, -0.15) is 5.10 Å². The summed E-state index contributed by atoms with van der Waals surface area (Å²) >= 11 is 0. The predicted molar refractivity (Wildman–Crippen MR) is 73.3 cm³/mol. The highest BCUT2D eigenvalue weighted by molar-refractivity contribution is 5.75. The maximum Gasteiger partial charge on any atom is 0.241 e. The van der Waals surface area contributed by atoms with Crippen LogP contribution in [0.3, 0.4) is 0 Å². The summed E-state index contributed by atoms with van der Waals surface area (Å²) in [6.45, 7) is 5.00. The van der Waals surface area contributed by atoms with Gasteiger partial charge in [-0.25, -0.2) is 9.67 Å². The molecule has 2 rings (SSSR count). The van der Waals surface area contributed by atoms with Crippen molar-refractivity contribution >= 4 is 5.91 Å². The lowest BCUT2D eigenvalue weighted by Gasteiger charge is -2.06. The lowest BCUT2D eigenvalue weighted by Crippen LogP contribution is -2.30. The molecule has 0 spiro atoms. The summed E-state index contributed by atoms with van der Waals surface area (Å²) in [5.74, 6) is 1.04. The molecular formula is C14H18N4O. The predicted octanol–water partition coefficient (Wildman–Crippen LogP) is 1.72. The maximum atomic E-state index is 11.7. The largest absolute Gasteiger partial charge is 0.354 e. The minimum Gasteiger partial charge on any atom is -0.354 e. The molecule has 0 saturated heterocycles.